The minimum atomic E-state index is -2.22. The lowest BCUT2D eigenvalue weighted by Gasteiger charge is -2.74. The van der Waals surface area contributed by atoms with Crippen LogP contribution in [0.5, 0.6) is 0 Å². The molecule has 5 nitrogen and oxygen atoms in total. The number of hydrogen-bond acceptors (Lipinski definition) is 5. The second kappa shape index (κ2) is 14.6. The van der Waals surface area contributed by atoms with E-state index in [9.17, 15) is 9.59 Å². The van der Waals surface area contributed by atoms with Crippen LogP contribution in [0.4, 0.5) is 0 Å². The fourth-order valence-electron chi connectivity index (χ4n) is 17.3. The molecule has 12 aliphatic carbocycles. The first-order valence-electron chi connectivity index (χ1n) is 24.1. The van der Waals surface area contributed by atoms with Crippen LogP contribution in [0.1, 0.15) is 180 Å². The van der Waals surface area contributed by atoms with Crippen molar-refractivity contribution in [3.63, 3.8) is 0 Å². The first-order valence-corrected chi connectivity index (χ1v) is 26.0. The Balaban J connectivity index is 0.727. The zero-order valence-corrected chi connectivity index (χ0v) is 35.1. The average Bonchev–Trinajstić information content (AvgIpc) is 3.22. The molecule has 302 valence electrons. The van der Waals surface area contributed by atoms with Crippen molar-refractivity contribution in [3.05, 3.63) is 0 Å². The lowest BCUT2D eigenvalue weighted by atomic mass is 9.29. The molecule has 12 rings (SSSR count). The van der Waals surface area contributed by atoms with Crippen molar-refractivity contribution >= 4 is 18.7 Å². The van der Waals surface area contributed by atoms with Gasteiger partial charge in [-0.2, -0.15) is 0 Å². The Hall–Kier alpha value is -0.510. The van der Waals surface area contributed by atoms with E-state index in [1.165, 1.54) is 57.8 Å². The molecule has 0 aromatic heterocycles. The third-order valence-electron chi connectivity index (χ3n) is 19.8. The molecule has 0 amide bonds. The molecule has 0 aromatic carbocycles. The van der Waals surface area contributed by atoms with E-state index in [-0.39, 0.29) is 22.7 Å². The third kappa shape index (κ3) is 6.20. The van der Waals surface area contributed by atoms with Gasteiger partial charge in [0, 0.05) is 46.8 Å². The van der Waals surface area contributed by atoms with Crippen LogP contribution in [-0.4, -0.2) is 54.0 Å². The summed E-state index contributed by atoms with van der Waals surface area (Å²) in [6.07, 6.45) is 32.1. The Morgan fingerprint density at radius 1 is 0.463 bits per heavy atom. The first kappa shape index (κ1) is 37.7. The van der Waals surface area contributed by atoms with Gasteiger partial charge in [-0.15, -0.1) is 0 Å². The topological polar surface area (TPSA) is 69.7 Å². The van der Waals surface area contributed by atoms with E-state index in [0.29, 0.717) is 82.4 Å². The Labute approximate surface area is 328 Å². The van der Waals surface area contributed by atoms with Crippen LogP contribution in [0.15, 0.2) is 0 Å². The molecule has 1 atom stereocenters. The lowest BCUT2D eigenvalue weighted by molar-refractivity contribution is -0.251. The van der Waals surface area contributed by atoms with E-state index >= 15 is 4.57 Å². The van der Waals surface area contributed by atoms with Crippen molar-refractivity contribution in [1.82, 2.24) is 0 Å². The summed E-state index contributed by atoms with van der Waals surface area (Å²) in [4.78, 5) is 29.0. The van der Waals surface area contributed by atoms with Gasteiger partial charge in [0.25, 0.3) is 0 Å². The van der Waals surface area contributed by atoms with Gasteiger partial charge in [0.2, 0.25) is 0 Å². The van der Waals surface area contributed by atoms with Gasteiger partial charge >= 0.3 is 0 Å². The second-order valence-electron chi connectivity index (χ2n) is 22.2. The maximum Gasteiger partial charge on any atom is 0.142 e. The molecule has 0 saturated heterocycles. The fourth-order valence-corrected chi connectivity index (χ4v) is 22.5. The summed E-state index contributed by atoms with van der Waals surface area (Å²) in [6, 6.07) is 0. The normalized spacial score (nSPS) is 51.2. The highest BCUT2D eigenvalue weighted by Gasteiger charge is 2.73. The zero-order chi connectivity index (χ0) is 36.8. The maximum absolute atomic E-state index is 15.3. The van der Waals surface area contributed by atoms with Crippen LogP contribution in [0.25, 0.3) is 0 Å². The van der Waals surface area contributed by atoms with Crippen molar-refractivity contribution in [2.75, 3.05) is 7.11 Å². The van der Waals surface area contributed by atoms with E-state index in [1.54, 1.807) is 0 Å². The molecule has 0 aliphatic heterocycles. The average molecular weight is 763 g/mol. The highest BCUT2D eigenvalue weighted by atomic mass is 31.2. The minimum Gasteiger partial charge on any atom is -0.381 e. The maximum atomic E-state index is 15.3. The van der Waals surface area contributed by atoms with Gasteiger partial charge in [-0.05, 0) is 183 Å². The lowest BCUT2D eigenvalue weighted by Crippen LogP contribution is -2.70. The van der Waals surface area contributed by atoms with Crippen molar-refractivity contribution in [2.45, 2.75) is 216 Å². The smallest absolute Gasteiger partial charge is 0.142 e. The van der Waals surface area contributed by atoms with Gasteiger partial charge in [0.15, 0.2) is 0 Å². The Bertz CT molecular complexity index is 1370. The van der Waals surface area contributed by atoms with Crippen molar-refractivity contribution in [3.8, 4) is 0 Å². The molecule has 12 fully saturated rings. The summed E-state index contributed by atoms with van der Waals surface area (Å²) < 4.78 is 27.9. The van der Waals surface area contributed by atoms with E-state index in [4.69, 9.17) is 9.47 Å². The highest BCUT2D eigenvalue weighted by Crippen LogP contribution is 2.78. The van der Waals surface area contributed by atoms with Crippen molar-refractivity contribution in [1.29, 1.82) is 0 Å². The molecule has 12 saturated carbocycles. The van der Waals surface area contributed by atoms with Gasteiger partial charge in [-0.25, -0.2) is 0 Å². The predicted octanol–water partition coefficient (Wildman–Crippen LogP) is 11.6. The molecular formula is C48H75O5P. The van der Waals surface area contributed by atoms with E-state index < -0.39 is 7.14 Å². The quantitative estimate of drug-likeness (QED) is 0.207. The van der Waals surface area contributed by atoms with Gasteiger partial charge in [0.05, 0.1) is 25.5 Å². The number of carbonyl (C=O) groups excluding carboxylic acids is 2. The van der Waals surface area contributed by atoms with E-state index in [0.717, 1.165) is 121 Å². The molecule has 1 unspecified atom stereocenters. The summed E-state index contributed by atoms with van der Waals surface area (Å²) in [5, 5.41) is 0. The molecule has 0 spiro atoms. The van der Waals surface area contributed by atoms with Crippen LogP contribution in [0.3, 0.4) is 0 Å². The fraction of sp³-hybridized carbons (Fsp3) is 0.958. The predicted molar refractivity (Wildman–Crippen MR) is 215 cm³/mol. The molecule has 6 heteroatoms. The molecule has 8 bridgehead atoms. The summed E-state index contributed by atoms with van der Waals surface area (Å²) in [7, 11) is -0.393. The summed E-state index contributed by atoms with van der Waals surface area (Å²) >= 11 is 0. The zero-order valence-electron chi connectivity index (χ0n) is 34.2. The summed E-state index contributed by atoms with van der Waals surface area (Å²) in [5.74, 6) is 6.88. The highest BCUT2D eigenvalue weighted by molar-refractivity contribution is 7.66. The molecule has 0 N–H and O–H groups in total. The molecule has 0 heterocycles. The number of methoxy groups -OCH3 is 1. The Kier molecular flexibility index (Phi) is 10.2. The van der Waals surface area contributed by atoms with E-state index in [2.05, 4.69) is 6.92 Å². The van der Waals surface area contributed by atoms with Gasteiger partial charge in [0.1, 0.15) is 11.6 Å². The monoisotopic (exact) mass is 763 g/mol. The largest absolute Gasteiger partial charge is 0.381 e. The van der Waals surface area contributed by atoms with Gasteiger partial charge < -0.3 is 14.0 Å². The third-order valence-corrected chi connectivity index (χ3v) is 24.8. The van der Waals surface area contributed by atoms with Crippen molar-refractivity contribution in [2.24, 2.45) is 64.1 Å². The van der Waals surface area contributed by atoms with Crippen LogP contribution in [-0.2, 0) is 23.6 Å². The van der Waals surface area contributed by atoms with Crippen LogP contribution >= 0.6 is 7.14 Å². The molecule has 54 heavy (non-hydrogen) atoms. The van der Waals surface area contributed by atoms with Crippen LogP contribution < -0.4 is 0 Å². The number of hydrogen-bond donors (Lipinski definition) is 0. The number of ether oxygens (including phenoxy) is 2. The van der Waals surface area contributed by atoms with Crippen molar-refractivity contribution < 1.29 is 23.6 Å². The van der Waals surface area contributed by atoms with E-state index in [1.807, 2.05) is 7.11 Å². The molecular weight excluding hydrogens is 687 g/mol. The SMILES string of the molecule is COC1CCC(C(=O)C23CC4C5CC6(C(=O)C7CCC(OC8CCC(P(=O)(C9CCCCC9)C9CCC(C)CC9)CC8)CC7)CC4C(C2)C(C6)C5C3)CC1. The number of Topliss-reactive ketones (excluding diaryl/α,β-unsaturated/α-hetero) is 2. The summed E-state index contributed by atoms with van der Waals surface area (Å²) in [6.45, 7) is 2.40. The summed E-state index contributed by atoms with van der Waals surface area (Å²) in [5.41, 5.74) is 1.38. The first-order chi connectivity index (χ1) is 26.2. The Morgan fingerprint density at radius 2 is 0.815 bits per heavy atom. The molecule has 0 aromatic rings. The standard InChI is InChI=1S/C48H75O5P/c1-30-8-20-37(21-9-30)54(51,36-6-4-3-5-7-36)38-22-18-35(19-23-38)53-34-16-12-32(13-17-34)46(50)48-27-42-39-24-47(45(49)31-10-14-33(52-2)15-11-31)25-40(42)44(29-48)41(26-47)43(39)28-48/h30-44H,3-29H2,1-2H3. The Morgan fingerprint density at radius 3 is 1.22 bits per heavy atom. The number of rotatable bonds is 10. The minimum absolute atomic E-state index is 0.0314. The number of carbonyl (C=O) groups is 2. The molecule has 12 aliphatic rings. The van der Waals surface area contributed by atoms with Crippen LogP contribution in [0, 0.1) is 64.1 Å². The van der Waals surface area contributed by atoms with Gasteiger partial charge in [-0.3, -0.25) is 9.59 Å². The van der Waals surface area contributed by atoms with Gasteiger partial charge in [-0.1, -0.05) is 39.0 Å². The second-order valence-corrected chi connectivity index (χ2v) is 25.9. The number of ketones is 2. The molecule has 0 radical (unpaired) electrons. The van der Waals surface area contributed by atoms with Crippen LogP contribution in [0.2, 0.25) is 0 Å².